The number of rotatable bonds is 3. The van der Waals surface area contributed by atoms with Crippen LogP contribution in [-0.2, 0) is 4.79 Å². The van der Waals surface area contributed by atoms with Crippen molar-refractivity contribution >= 4 is 17.5 Å². The summed E-state index contributed by atoms with van der Waals surface area (Å²) in [5.41, 5.74) is 7.33. The zero-order valence-corrected chi connectivity index (χ0v) is 12.1. The second kappa shape index (κ2) is 5.52. The molecule has 4 N–H and O–H groups in total. The molecule has 0 aliphatic carbocycles. The normalized spacial score (nSPS) is 18.6. The van der Waals surface area contributed by atoms with Gasteiger partial charge < -0.3 is 16.0 Å². The number of aromatic nitrogens is 2. The van der Waals surface area contributed by atoms with E-state index in [1.807, 2.05) is 13.8 Å². The number of likely N-dealkylation sites (tertiary alicyclic amines) is 1. The third kappa shape index (κ3) is 2.35. The molecule has 1 atom stereocenters. The fourth-order valence-electron chi connectivity index (χ4n) is 2.55. The second-order valence-corrected chi connectivity index (χ2v) is 5.33. The Balaban J connectivity index is 2.25. The minimum atomic E-state index is -0.425. The van der Waals surface area contributed by atoms with Crippen molar-refractivity contribution in [2.24, 2.45) is 0 Å². The van der Waals surface area contributed by atoms with Crippen molar-refractivity contribution in [3.8, 4) is 0 Å². The van der Waals surface area contributed by atoms with Gasteiger partial charge in [-0.2, -0.15) is 5.10 Å². The molecule has 1 saturated heterocycles. The van der Waals surface area contributed by atoms with Gasteiger partial charge in [-0.15, -0.1) is 0 Å². The predicted octanol–water partition coefficient (Wildman–Crippen LogP) is 0.466. The molecule has 1 fully saturated rings. The average molecular weight is 279 g/mol. The van der Waals surface area contributed by atoms with E-state index in [4.69, 9.17) is 5.73 Å². The van der Waals surface area contributed by atoms with Gasteiger partial charge in [-0.3, -0.25) is 14.7 Å². The largest absolute Gasteiger partial charge is 0.395 e. The summed E-state index contributed by atoms with van der Waals surface area (Å²) in [5, 5.41) is 9.43. The number of amides is 2. The van der Waals surface area contributed by atoms with E-state index in [2.05, 4.69) is 15.5 Å². The first-order valence-corrected chi connectivity index (χ1v) is 6.83. The highest BCUT2D eigenvalue weighted by Crippen LogP contribution is 2.26. The number of nitrogens with one attached hydrogen (secondary N) is 2. The van der Waals surface area contributed by atoms with Gasteiger partial charge >= 0.3 is 0 Å². The first-order valence-electron chi connectivity index (χ1n) is 6.83. The molecule has 2 heterocycles. The lowest BCUT2D eigenvalue weighted by Gasteiger charge is -2.22. The lowest BCUT2D eigenvalue weighted by atomic mass is 10.1. The summed E-state index contributed by atoms with van der Waals surface area (Å²) in [6.07, 6.45) is 1.48. The van der Waals surface area contributed by atoms with Crippen LogP contribution in [0.2, 0.25) is 0 Å². The fraction of sp³-hybridized carbons (Fsp3) is 0.615. The van der Waals surface area contributed by atoms with Crippen LogP contribution in [0, 0.1) is 0 Å². The van der Waals surface area contributed by atoms with Gasteiger partial charge in [0.1, 0.15) is 6.04 Å². The van der Waals surface area contributed by atoms with E-state index < -0.39 is 6.04 Å². The van der Waals surface area contributed by atoms with Crippen molar-refractivity contribution in [3.05, 3.63) is 11.4 Å². The van der Waals surface area contributed by atoms with Crippen molar-refractivity contribution in [2.45, 2.75) is 38.6 Å². The highest BCUT2D eigenvalue weighted by atomic mass is 16.2. The zero-order valence-electron chi connectivity index (χ0n) is 12.1. The lowest BCUT2D eigenvalue weighted by Crippen LogP contribution is -2.45. The number of H-pyrrole nitrogens is 1. The number of nitrogens with two attached hydrogens (primary N) is 1. The van der Waals surface area contributed by atoms with Crippen LogP contribution in [0.4, 0.5) is 5.69 Å². The summed E-state index contributed by atoms with van der Waals surface area (Å²) in [7, 11) is 1.57. The van der Waals surface area contributed by atoms with E-state index in [1.54, 1.807) is 11.9 Å². The molecule has 0 spiro atoms. The summed E-state index contributed by atoms with van der Waals surface area (Å²) in [5.74, 6) is -0.261. The minimum absolute atomic E-state index is 0.144. The molecule has 1 unspecified atom stereocenters. The van der Waals surface area contributed by atoms with E-state index in [0.717, 1.165) is 12.1 Å². The molecule has 20 heavy (non-hydrogen) atoms. The summed E-state index contributed by atoms with van der Waals surface area (Å²) in [6, 6.07) is -0.425. The molecule has 1 aromatic rings. The number of carbonyl (C=O) groups is 2. The number of carbonyl (C=O) groups excluding carboxylic acids is 2. The predicted molar refractivity (Wildman–Crippen MR) is 75.2 cm³/mol. The van der Waals surface area contributed by atoms with E-state index in [1.165, 1.54) is 0 Å². The number of nitrogens with zero attached hydrogens (tertiary/aromatic N) is 2. The molecule has 0 saturated carbocycles. The summed E-state index contributed by atoms with van der Waals surface area (Å²) < 4.78 is 0. The van der Waals surface area contributed by atoms with Crippen molar-refractivity contribution in [2.75, 3.05) is 19.3 Å². The minimum Gasteiger partial charge on any atom is -0.395 e. The standard InChI is InChI=1S/C13H21N5O2/c1-7(2)10-9(14)11(17-16-10)13(20)18-6-4-5-8(18)12(19)15-3/h7-8H,4-6,14H2,1-3H3,(H,15,19)(H,16,17). The molecule has 1 aromatic heterocycles. The van der Waals surface area contributed by atoms with E-state index in [-0.39, 0.29) is 23.4 Å². The maximum atomic E-state index is 12.5. The Morgan fingerprint density at radius 2 is 2.20 bits per heavy atom. The van der Waals surface area contributed by atoms with Crippen LogP contribution in [0.5, 0.6) is 0 Å². The summed E-state index contributed by atoms with van der Waals surface area (Å²) in [6.45, 7) is 4.50. The number of hydrogen-bond acceptors (Lipinski definition) is 4. The maximum Gasteiger partial charge on any atom is 0.277 e. The fourth-order valence-corrected chi connectivity index (χ4v) is 2.55. The third-order valence-electron chi connectivity index (χ3n) is 3.68. The van der Waals surface area contributed by atoms with Crippen LogP contribution in [-0.4, -0.2) is 46.5 Å². The second-order valence-electron chi connectivity index (χ2n) is 5.33. The number of hydrogen-bond donors (Lipinski definition) is 3. The quantitative estimate of drug-likeness (QED) is 0.748. The van der Waals surface area contributed by atoms with Gasteiger partial charge in [-0.1, -0.05) is 13.8 Å². The van der Waals surface area contributed by atoms with Crippen molar-refractivity contribution < 1.29 is 9.59 Å². The molecule has 0 aromatic carbocycles. The number of aromatic amines is 1. The highest BCUT2D eigenvalue weighted by Gasteiger charge is 2.36. The molecule has 1 aliphatic heterocycles. The molecule has 1 aliphatic rings. The van der Waals surface area contributed by atoms with Gasteiger partial charge in [0.05, 0.1) is 11.4 Å². The first kappa shape index (κ1) is 14.4. The van der Waals surface area contributed by atoms with Crippen LogP contribution >= 0.6 is 0 Å². The Kier molecular flexibility index (Phi) is 3.96. The van der Waals surface area contributed by atoms with E-state index >= 15 is 0 Å². The van der Waals surface area contributed by atoms with Crippen LogP contribution in [0.3, 0.4) is 0 Å². The molecule has 2 rings (SSSR count). The Morgan fingerprint density at radius 1 is 1.50 bits per heavy atom. The molecule has 7 nitrogen and oxygen atoms in total. The SMILES string of the molecule is CNC(=O)C1CCCN1C(=O)c1n[nH]c(C(C)C)c1N. The number of anilines is 1. The van der Waals surface area contributed by atoms with Gasteiger partial charge in [0, 0.05) is 13.6 Å². The van der Waals surface area contributed by atoms with Gasteiger partial charge in [0.15, 0.2) is 5.69 Å². The molecule has 0 bridgehead atoms. The van der Waals surface area contributed by atoms with Crippen LogP contribution in [0.15, 0.2) is 0 Å². The monoisotopic (exact) mass is 279 g/mol. The van der Waals surface area contributed by atoms with E-state index in [0.29, 0.717) is 18.7 Å². The van der Waals surface area contributed by atoms with Crippen LogP contribution in [0.1, 0.15) is 48.8 Å². The van der Waals surface area contributed by atoms with Crippen LogP contribution in [0.25, 0.3) is 0 Å². The zero-order chi connectivity index (χ0) is 14.9. The Hall–Kier alpha value is -2.05. The molecule has 110 valence electrons. The molecule has 0 radical (unpaired) electrons. The smallest absolute Gasteiger partial charge is 0.277 e. The molecular weight excluding hydrogens is 258 g/mol. The highest BCUT2D eigenvalue weighted by molar-refractivity contribution is 6.00. The lowest BCUT2D eigenvalue weighted by molar-refractivity contribution is -0.124. The molecule has 2 amide bonds. The van der Waals surface area contributed by atoms with Crippen molar-refractivity contribution in [3.63, 3.8) is 0 Å². The topological polar surface area (TPSA) is 104 Å². The molecular formula is C13H21N5O2. The van der Waals surface area contributed by atoms with Gasteiger partial charge in [-0.05, 0) is 18.8 Å². The first-order chi connectivity index (χ1) is 9.47. The number of likely N-dealkylation sites (N-methyl/N-ethyl adjacent to an activating group) is 1. The summed E-state index contributed by atoms with van der Waals surface area (Å²) in [4.78, 5) is 25.9. The Morgan fingerprint density at radius 3 is 2.75 bits per heavy atom. The van der Waals surface area contributed by atoms with Crippen LogP contribution < -0.4 is 11.1 Å². The number of nitrogen functional groups attached to an aromatic ring is 1. The van der Waals surface area contributed by atoms with Gasteiger partial charge in [-0.25, -0.2) is 0 Å². The summed E-state index contributed by atoms with van der Waals surface area (Å²) >= 11 is 0. The van der Waals surface area contributed by atoms with E-state index in [9.17, 15) is 9.59 Å². The Labute approximate surface area is 117 Å². The van der Waals surface area contributed by atoms with Crippen molar-refractivity contribution in [1.29, 1.82) is 0 Å². The van der Waals surface area contributed by atoms with Gasteiger partial charge in [0.25, 0.3) is 5.91 Å². The average Bonchev–Trinajstić information content (AvgIpc) is 3.03. The van der Waals surface area contributed by atoms with Crippen molar-refractivity contribution in [1.82, 2.24) is 20.4 Å². The maximum absolute atomic E-state index is 12.5. The van der Waals surface area contributed by atoms with Gasteiger partial charge in [0.2, 0.25) is 5.91 Å². The third-order valence-corrected chi connectivity index (χ3v) is 3.68. The molecule has 7 heteroatoms. The Bertz CT molecular complexity index is 523.